The second-order valence-corrected chi connectivity index (χ2v) is 9.26. The summed E-state index contributed by atoms with van der Waals surface area (Å²) in [5.41, 5.74) is -0.0842. The number of rotatable bonds is 6. The van der Waals surface area contributed by atoms with E-state index in [1.807, 2.05) is 0 Å². The summed E-state index contributed by atoms with van der Waals surface area (Å²) in [7, 11) is 0. The molecule has 156 valence electrons. The summed E-state index contributed by atoms with van der Waals surface area (Å²) in [6, 6.07) is -0.111. The van der Waals surface area contributed by atoms with Crippen molar-refractivity contribution in [2.24, 2.45) is 11.3 Å². The van der Waals surface area contributed by atoms with Crippen molar-refractivity contribution in [3.05, 3.63) is 0 Å². The second-order valence-electron chi connectivity index (χ2n) is 9.26. The number of nitrogens with one attached hydrogen (secondary N) is 1. The molecule has 4 atom stereocenters. The predicted molar refractivity (Wildman–Crippen MR) is 102 cm³/mol. The number of ether oxygens (including phenoxy) is 2. The normalized spacial score (nSPS) is 28.4. The molecule has 1 aliphatic carbocycles. The lowest BCUT2D eigenvalue weighted by molar-refractivity contribution is -0.159. The summed E-state index contributed by atoms with van der Waals surface area (Å²) in [5, 5.41) is 2.79. The molecule has 0 radical (unpaired) electrons. The van der Waals surface area contributed by atoms with E-state index in [1.54, 1.807) is 0 Å². The van der Waals surface area contributed by atoms with Gasteiger partial charge in [0.2, 0.25) is 0 Å². The lowest BCUT2D eigenvalue weighted by Crippen LogP contribution is -2.50. The van der Waals surface area contributed by atoms with Crippen molar-refractivity contribution in [1.82, 2.24) is 5.32 Å². The summed E-state index contributed by atoms with van der Waals surface area (Å²) in [4.78, 5) is 23.2. The first-order chi connectivity index (χ1) is 12.7. The van der Waals surface area contributed by atoms with Crippen molar-refractivity contribution in [3.63, 3.8) is 0 Å². The second kappa shape index (κ2) is 9.85. The van der Waals surface area contributed by atoms with Crippen LogP contribution in [0.3, 0.4) is 0 Å². The molecule has 0 bridgehead atoms. The molecule has 2 fully saturated rings. The van der Waals surface area contributed by atoms with E-state index in [0.717, 1.165) is 12.8 Å². The van der Waals surface area contributed by atoms with Crippen LogP contribution in [0.25, 0.3) is 0 Å². The van der Waals surface area contributed by atoms with Gasteiger partial charge in [-0.3, -0.25) is 9.59 Å². The zero-order valence-corrected chi connectivity index (χ0v) is 17.3. The number of hydrogen-bond donors (Lipinski definition) is 1. The highest BCUT2D eigenvalue weighted by Gasteiger charge is 2.39. The van der Waals surface area contributed by atoms with E-state index in [0.29, 0.717) is 25.2 Å². The third-order valence-corrected chi connectivity index (χ3v) is 5.84. The first-order valence-electron chi connectivity index (χ1n) is 10.4. The zero-order chi connectivity index (χ0) is 20.0. The number of halogens is 1. The highest BCUT2D eigenvalue weighted by atomic mass is 19.1. The predicted octanol–water partition coefficient (Wildman–Crippen LogP) is 3.94. The first kappa shape index (κ1) is 22.1. The molecule has 0 aromatic rings. The minimum Gasteiger partial charge on any atom is -0.462 e. The quantitative estimate of drug-likeness (QED) is 0.704. The monoisotopic (exact) mass is 385 g/mol. The summed E-state index contributed by atoms with van der Waals surface area (Å²) < 4.78 is 24.7. The Kier molecular flexibility index (Phi) is 8.07. The van der Waals surface area contributed by atoms with Crippen LogP contribution in [-0.2, 0) is 19.1 Å². The fourth-order valence-electron chi connectivity index (χ4n) is 4.42. The average molecular weight is 386 g/mol. The van der Waals surface area contributed by atoms with Crippen molar-refractivity contribution in [2.75, 3.05) is 6.67 Å². The average Bonchev–Trinajstić information content (AvgIpc) is 2.60. The van der Waals surface area contributed by atoms with Gasteiger partial charge in [-0.05, 0) is 37.0 Å². The molecule has 1 saturated heterocycles. The lowest BCUT2D eigenvalue weighted by Gasteiger charge is -2.43. The Balaban J connectivity index is 2.08. The van der Waals surface area contributed by atoms with Crippen molar-refractivity contribution >= 4 is 11.9 Å². The van der Waals surface area contributed by atoms with Crippen molar-refractivity contribution < 1.29 is 23.5 Å². The van der Waals surface area contributed by atoms with Gasteiger partial charge in [-0.1, -0.05) is 40.0 Å². The summed E-state index contributed by atoms with van der Waals surface area (Å²) >= 11 is 0. The maximum Gasteiger partial charge on any atom is 0.302 e. The van der Waals surface area contributed by atoms with Gasteiger partial charge in [0.05, 0.1) is 12.2 Å². The summed E-state index contributed by atoms with van der Waals surface area (Å²) in [5.74, 6) is -0.451. The van der Waals surface area contributed by atoms with E-state index in [1.165, 1.54) is 26.2 Å². The molecule has 6 heteroatoms. The maximum absolute atomic E-state index is 12.7. The third kappa shape index (κ3) is 7.05. The smallest absolute Gasteiger partial charge is 0.302 e. The van der Waals surface area contributed by atoms with Crippen molar-refractivity contribution in [3.8, 4) is 0 Å². The molecule has 2 aliphatic rings. The van der Waals surface area contributed by atoms with Crippen LogP contribution in [0.5, 0.6) is 0 Å². The van der Waals surface area contributed by atoms with E-state index in [4.69, 9.17) is 9.47 Å². The number of hydrogen-bond acceptors (Lipinski definition) is 4. The number of esters is 1. The largest absolute Gasteiger partial charge is 0.462 e. The van der Waals surface area contributed by atoms with Crippen LogP contribution in [0.1, 0.15) is 79.1 Å². The molecule has 2 rings (SSSR count). The molecule has 1 unspecified atom stereocenters. The molecule has 1 amide bonds. The SMILES string of the molecule is CC(=O)O[C@H](C[C@@H]1CC(NC(=O)CF)C[C@H](C(C)(C)C)O1)C1CCCCC1. The number of amides is 1. The Morgan fingerprint density at radius 1 is 1.19 bits per heavy atom. The van der Waals surface area contributed by atoms with Gasteiger partial charge in [0.15, 0.2) is 6.67 Å². The topological polar surface area (TPSA) is 64.6 Å². The maximum atomic E-state index is 12.7. The van der Waals surface area contributed by atoms with Crippen molar-refractivity contribution in [2.45, 2.75) is 103 Å². The van der Waals surface area contributed by atoms with Gasteiger partial charge in [-0.2, -0.15) is 0 Å². The summed E-state index contributed by atoms with van der Waals surface area (Å²) in [6.45, 7) is 6.79. The van der Waals surface area contributed by atoms with Crippen molar-refractivity contribution in [1.29, 1.82) is 0 Å². The highest BCUT2D eigenvalue weighted by molar-refractivity contribution is 5.77. The molecule has 1 aliphatic heterocycles. The van der Waals surface area contributed by atoms with Crippen LogP contribution in [0.4, 0.5) is 4.39 Å². The van der Waals surface area contributed by atoms with Gasteiger partial charge in [-0.25, -0.2) is 4.39 Å². The van der Waals surface area contributed by atoms with E-state index in [9.17, 15) is 14.0 Å². The standard InChI is InChI=1S/C21H36FNO4/c1-14(24)26-18(15-8-6-5-7-9-15)12-17-10-16(23-20(25)13-22)11-19(27-17)21(2,3)4/h15-19H,5-13H2,1-4H3,(H,23,25)/t16?,17-,18+,19+/m0/s1. The number of carbonyl (C=O) groups excluding carboxylic acids is 2. The molecule has 27 heavy (non-hydrogen) atoms. The van der Waals surface area contributed by atoms with Gasteiger partial charge >= 0.3 is 5.97 Å². The minimum absolute atomic E-state index is 0.0366. The summed E-state index contributed by atoms with van der Waals surface area (Å²) in [6.07, 6.45) is 7.39. The Morgan fingerprint density at radius 2 is 1.85 bits per heavy atom. The van der Waals surface area contributed by atoms with E-state index >= 15 is 0 Å². The molecule has 0 spiro atoms. The fraction of sp³-hybridized carbons (Fsp3) is 0.905. The molecular formula is C21H36FNO4. The molecule has 1 N–H and O–H groups in total. The number of alkyl halides is 1. The van der Waals surface area contributed by atoms with Crippen LogP contribution in [0.2, 0.25) is 0 Å². The van der Waals surface area contributed by atoms with E-state index in [2.05, 4.69) is 26.1 Å². The Labute approximate surface area is 162 Å². The zero-order valence-electron chi connectivity index (χ0n) is 17.3. The minimum atomic E-state index is -1.000. The third-order valence-electron chi connectivity index (χ3n) is 5.84. The molecule has 1 saturated carbocycles. The van der Waals surface area contributed by atoms with E-state index < -0.39 is 12.6 Å². The van der Waals surface area contributed by atoms with Gasteiger partial charge in [0.1, 0.15) is 6.10 Å². The molecular weight excluding hydrogens is 349 g/mol. The Morgan fingerprint density at radius 3 is 2.41 bits per heavy atom. The van der Waals surface area contributed by atoms with Crippen LogP contribution in [-0.4, -0.2) is 42.9 Å². The molecule has 5 nitrogen and oxygen atoms in total. The van der Waals surface area contributed by atoms with Crippen LogP contribution in [0, 0.1) is 11.3 Å². The Bertz CT molecular complexity index is 499. The van der Waals surface area contributed by atoms with Gasteiger partial charge in [0.25, 0.3) is 5.91 Å². The van der Waals surface area contributed by atoms with E-state index in [-0.39, 0.29) is 35.7 Å². The van der Waals surface area contributed by atoms with Crippen LogP contribution in [0.15, 0.2) is 0 Å². The lowest BCUT2D eigenvalue weighted by atomic mass is 9.79. The van der Waals surface area contributed by atoms with Crippen LogP contribution < -0.4 is 5.32 Å². The Hall–Kier alpha value is -1.17. The molecule has 0 aromatic carbocycles. The molecule has 1 heterocycles. The molecule has 0 aromatic heterocycles. The van der Waals surface area contributed by atoms with Gasteiger partial charge < -0.3 is 14.8 Å². The van der Waals surface area contributed by atoms with Gasteiger partial charge in [-0.15, -0.1) is 0 Å². The van der Waals surface area contributed by atoms with Crippen LogP contribution >= 0.6 is 0 Å². The van der Waals surface area contributed by atoms with Gasteiger partial charge in [0, 0.05) is 19.4 Å². The first-order valence-corrected chi connectivity index (χ1v) is 10.4. The number of carbonyl (C=O) groups is 2. The highest BCUT2D eigenvalue weighted by Crippen LogP contribution is 2.36. The fourth-order valence-corrected chi connectivity index (χ4v) is 4.42.